The molecule has 2 aromatic carbocycles. The highest BCUT2D eigenvalue weighted by atomic mass is 16.6. The molecular formula is C19H20N2O5. The lowest BCUT2D eigenvalue weighted by atomic mass is 10.2. The normalized spacial score (nSPS) is 10.6. The largest absolute Gasteiger partial charge is 0.497 e. The maximum Gasteiger partial charge on any atom is 0.344 e. The molecule has 0 fully saturated rings. The SMILES string of the molecule is CCOC(=O)COc1ccc(-c2nc3ccc(OC)cc3[nH]2)cc1OC. The number of carbonyl (C=O) groups excluding carboxylic acids is 1. The molecule has 0 saturated carbocycles. The molecule has 0 atom stereocenters. The Balaban J connectivity index is 1.85. The molecule has 3 aromatic rings. The number of nitrogens with one attached hydrogen (secondary N) is 1. The molecule has 0 spiro atoms. The number of benzene rings is 2. The van der Waals surface area contributed by atoms with Crippen molar-refractivity contribution in [1.82, 2.24) is 9.97 Å². The standard InChI is InChI=1S/C19H20N2O5/c1-4-25-18(22)11-26-16-8-5-12(9-17(16)24-3)19-20-14-7-6-13(23-2)10-15(14)21-19/h5-10H,4,11H2,1-3H3,(H,20,21). The number of nitrogens with zero attached hydrogens (tertiary/aromatic N) is 1. The van der Waals surface area contributed by atoms with Gasteiger partial charge in [-0.15, -0.1) is 0 Å². The zero-order chi connectivity index (χ0) is 18.5. The van der Waals surface area contributed by atoms with Crippen LogP contribution in [0.4, 0.5) is 0 Å². The number of H-pyrrole nitrogens is 1. The van der Waals surface area contributed by atoms with Gasteiger partial charge in [-0.3, -0.25) is 0 Å². The van der Waals surface area contributed by atoms with Crippen LogP contribution in [0, 0.1) is 0 Å². The third kappa shape index (κ3) is 3.72. The van der Waals surface area contributed by atoms with Crippen LogP contribution in [-0.2, 0) is 9.53 Å². The highest BCUT2D eigenvalue weighted by Crippen LogP contribution is 2.32. The highest BCUT2D eigenvalue weighted by molar-refractivity contribution is 5.81. The summed E-state index contributed by atoms with van der Waals surface area (Å²) in [4.78, 5) is 19.3. The molecule has 1 N–H and O–H groups in total. The predicted octanol–water partition coefficient (Wildman–Crippen LogP) is 3.19. The first kappa shape index (κ1) is 17.6. The van der Waals surface area contributed by atoms with Gasteiger partial charge in [0.25, 0.3) is 0 Å². The summed E-state index contributed by atoms with van der Waals surface area (Å²) in [6.45, 7) is 1.89. The fourth-order valence-electron chi connectivity index (χ4n) is 2.53. The van der Waals surface area contributed by atoms with Crippen molar-refractivity contribution >= 4 is 17.0 Å². The van der Waals surface area contributed by atoms with Crippen molar-refractivity contribution in [2.24, 2.45) is 0 Å². The summed E-state index contributed by atoms with van der Waals surface area (Å²) in [5.74, 6) is 1.99. The number of fused-ring (bicyclic) bond motifs is 1. The summed E-state index contributed by atoms with van der Waals surface area (Å²) in [5.41, 5.74) is 2.55. The summed E-state index contributed by atoms with van der Waals surface area (Å²) in [6, 6.07) is 11.0. The van der Waals surface area contributed by atoms with Gasteiger partial charge in [-0.2, -0.15) is 0 Å². The number of hydrogen-bond acceptors (Lipinski definition) is 6. The van der Waals surface area contributed by atoms with Gasteiger partial charge in [-0.1, -0.05) is 0 Å². The Morgan fingerprint density at radius 3 is 2.65 bits per heavy atom. The molecular weight excluding hydrogens is 336 g/mol. The van der Waals surface area contributed by atoms with Gasteiger partial charge in [0.05, 0.1) is 31.9 Å². The smallest absolute Gasteiger partial charge is 0.344 e. The summed E-state index contributed by atoms with van der Waals surface area (Å²) < 4.78 is 20.9. The van der Waals surface area contributed by atoms with Crippen molar-refractivity contribution in [3.63, 3.8) is 0 Å². The fraction of sp³-hybridized carbons (Fsp3) is 0.263. The first-order chi connectivity index (χ1) is 12.6. The van der Waals surface area contributed by atoms with Crippen LogP contribution < -0.4 is 14.2 Å². The molecule has 0 aliphatic rings. The molecule has 0 unspecified atom stereocenters. The van der Waals surface area contributed by atoms with Crippen molar-refractivity contribution < 1.29 is 23.7 Å². The van der Waals surface area contributed by atoms with E-state index in [9.17, 15) is 4.79 Å². The van der Waals surface area contributed by atoms with E-state index < -0.39 is 5.97 Å². The minimum atomic E-state index is -0.426. The first-order valence-electron chi connectivity index (χ1n) is 8.15. The summed E-state index contributed by atoms with van der Waals surface area (Å²) in [7, 11) is 3.16. The second-order valence-electron chi connectivity index (χ2n) is 5.43. The Labute approximate surface area is 150 Å². The molecule has 0 radical (unpaired) electrons. The van der Waals surface area contributed by atoms with Crippen LogP contribution in [0.5, 0.6) is 17.2 Å². The summed E-state index contributed by atoms with van der Waals surface area (Å²) in [5, 5.41) is 0. The van der Waals surface area contributed by atoms with Crippen molar-refractivity contribution in [2.45, 2.75) is 6.92 Å². The Morgan fingerprint density at radius 1 is 1.08 bits per heavy atom. The maximum atomic E-state index is 11.4. The molecule has 3 rings (SSSR count). The van der Waals surface area contributed by atoms with Crippen LogP contribution in [0.2, 0.25) is 0 Å². The molecule has 1 aromatic heterocycles. The van der Waals surface area contributed by atoms with Gasteiger partial charge >= 0.3 is 5.97 Å². The lowest BCUT2D eigenvalue weighted by Gasteiger charge is -2.11. The van der Waals surface area contributed by atoms with Crippen molar-refractivity contribution in [3.8, 4) is 28.6 Å². The van der Waals surface area contributed by atoms with Crippen molar-refractivity contribution in [3.05, 3.63) is 36.4 Å². The van der Waals surface area contributed by atoms with Gasteiger partial charge in [0, 0.05) is 11.6 Å². The van der Waals surface area contributed by atoms with E-state index in [1.165, 1.54) is 0 Å². The number of methoxy groups -OCH3 is 2. The van der Waals surface area contributed by atoms with Crippen molar-refractivity contribution in [2.75, 3.05) is 27.4 Å². The quantitative estimate of drug-likeness (QED) is 0.655. The van der Waals surface area contributed by atoms with Crippen LogP contribution in [0.1, 0.15) is 6.92 Å². The zero-order valence-corrected chi connectivity index (χ0v) is 14.9. The molecule has 0 aliphatic heterocycles. The van der Waals surface area contributed by atoms with E-state index >= 15 is 0 Å². The maximum absolute atomic E-state index is 11.4. The molecule has 0 bridgehead atoms. The van der Waals surface area contributed by atoms with Gasteiger partial charge in [0.1, 0.15) is 11.6 Å². The third-order valence-electron chi connectivity index (χ3n) is 3.78. The number of imidazole rings is 1. The van der Waals surface area contributed by atoms with E-state index in [-0.39, 0.29) is 6.61 Å². The van der Waals surface area contributed by atoms with E-state index in [1.807, 2.05) is 24.3 Å². The van der Waals surface area contributed by atoms with E-state index in [4.69, 9.17) is 18.9 Å². The Bertz CT molecular complexity index is 919. The van der Waals surface area contributed by atoms with Gasteiger partial charge in [0.15, 0.2) is 18.1 Å². The second kappa shape index (κ2) is 7.77. The molecule has 0 amide bonds. The molecule has 7 nitrogen and oxygen atoms in total. The van der Waals surface area contributed by atoms with Gasteiger partial charge in [0.2, 0.25) is 0 Å². The Morgan fingerprint density at radius 2 is 1.92 bits per heavy atom. The minimum absolute atomic E-state index is 0.173. The number of rotatable bonds is 7. The molecule has 0 saturated heterocycles. The monoisotopic (exact) mass is 356 g/mol. The highest BCUT2D eigenvalue weighted by Gasteiger charge is 2.12. The van der Waals surface area contributed by atoms with E-state index in [0.29, 0.717) is 23.9 Å². The topological polar surface area (TPSA) is 82.7 Å². The number of esters is 1. The predicted molar refractivity (Wildman–Crippen MR) is 96.8 cm³/mol. The number of hydrogen-bond donors (Lipinski definition) is 1. The molecule has 26 heavy (non-hydrogen) atoms. The van der Waals surface area contributed by atoms with E-state index in [1.54, 1.807) is 33.3 Å². The van der Waals surface area contributed by atoms with Crippen LogP contribution in [0.25, 0.3) is 22.4 Å². The molecule has 7 heteroatoms. The molecule has 1 heterocycles. The lowest BCUT2D eigenvalue weighted by molar-refractivity contribution is -0.145. The fourth-order valence-corrected chi connectivity index (χ4v) is 2.53. The third-order valence-corrected chi connectivity index (χ3v) is 3.78. The zero-order valence-electron chi connectivity index (χ0n) is 14.9. The second-order valence-corrected chi connectivity index (χ2v) is 5.43. The minimum Gasteiger partial charge on any atom is -0.497 e. The van der Waals surface area contributed by atoms with Gasteiger partial charge in [-0.05, 0) is 37.3 Å². The van der Waals surface area contributed by atoms with Crippen LogP contribution in [0.15, 0.2) is 36.4 Å². The lowest BCUT2D eigenvalue weighted by Crippen LogP contribution is -2.14. The van der Waals surface area contributed by atoms with E-state index in [2.05, 4.69) is 9.97 Å². The Kier molecular flexibility index (Phi) is 5.26. The van der Waals surface area contributed by atoms with Crippen molar-refractivity contribution in [1.29, 1.82) is 0 Å². The molecule has 0 aliphatic carbocycles. The van der Waals surface area contributed by atoms with E-state index in [0.717, 1.165) is 22.3 Å². The number of ether oxygens (including phenoxy) is 4. The number of carbonyl (C=O) groups is 1. The van der Waals surface area contributed by atoms with Crippen LogP contribution >= 0.6 is 0 Å². The Hall–Kier alpha value is -3.22. The van der Waals surface area contributed by atoms with Gasteiger partial charge in [-0.25, -0.2) is 9.78 Å². The van der Waals surface area contributed by atoms with Gasteiger partial charge < -0.3 is 23.9 Å². The number of aromatic amines is 1. The summed E-state index contributed by atoms with van der Waals surface area (Å²) in [6.07, 6.45) is 0. The van der Waals surface area contributed by atoms with Crippen LogP contribution in [0.3, 0.4) is 0 Å². The first-order valence-corrected chi connectivity index (χ1v) is 8.15. The van der Waals surface area contributed by atoms with Crippen LogP contribution in [-0.4, -0.2) is 43.4 Å². The number of aromatic nitrogens is 2. The summed E-state index contributed by atoms with van der Waals surface area (Å²) >= 11 is 0. The average molecular weight is 356 g/mol. The average Bonchev–Trinajstić information content (AvgIpc) is 3.09. The molecule has 136 valence electrons.